The summed E-state index contributed by atoms with van der Waals surface area (Å²) in [4.78, 5) is 39.4. The van der Waals surface area contributed by atoms with Crippen LogP contribution in [0.15, 0.2) is 27.9 Å². The van der Waals surface area contributed by atoms with Crippen LogP contribution in [-0.4, -0.2) is 42.7 Å². The molecule has 0 aliphatic carbocycles. The maximum absolute atomic E-state index is 12.6. The van der Waals surface area contributed by atoms with E-state index in [1.54, 1.807) is 0 Å². The molecule has 1 aliphatic heterocycles. The van der Waals surface area contributed by atoms with Crippen LogP contribution < -0.4 is 11.2 Å². The van der Waals surface area contributed by atoms with Crippen molar-refractivity contribution in [2.45, 2.75) is 45.8 Å². The predicted octanol–water partition coefficient (Wildman–Crippen LogP) is 0.0411. The van der Waals surface area contributed by atoms with Crippen molar-refractivity contribution in [1.29, 1.82) is 0 Å². The van der Waals surface area contributed by atoms with Gasteiger partial charge in [-0.2, -0.15) is 5.10 Å². The summed E-state index contributed by atoms with van der Waals surface area (Å²) in [5.41, 5.74) is 1.00. The summed E-state index contributed by atoms with van der Waals surface area (Å²) in [6.07, 6.45) is 3.21. The highest BCUT2D eigenvalue weighted by Crippen LogP contribution is 2.20. The van der Waals surface area contributed by atoms with Crippen molar-refractivity contribution >= 4 is 5.91 Å². The van der Waals surface area contributed by atoms with Crippen molar-refractivity contribution in [2.24, 2.45) is 0 Å². The first-order chi connectivity index (χ1) is 11.4. The molecular weight excluding hydrogens is 310 g/mol. The molecule has 1 atom stereocenters. The Kier molecular flexibility index (Phi) is 4.37. The Bertz CT molecular complexity index is 863. The van der Waals surface area contributed by atoms with Crippen LogP contribution >= 0.6 is 0 Å². The van der Waals surface area contributed by atoms with Crippen molar-refractivity contribution < 1.29 is 4.79 Å². The summed E-state index contributed by atoms with van der Waals surface area (Å²) in [6.45, 7) is 5.22. The van der Waals surface area contributed by atoms with E-state index in [1.165, 1.54) is 16.8 Å². The molecule has 2 aromatic rings. The lowest BCUT2D eigenvalue weighted by Crippen LogP contribution is -2.42. The van der Waals surface area contributed by atoms with Crippen molar-refractivity contribution in [3.05, 3.63) is 50.6 Å². The minimum atomic E-state index is -0.565. The van der Waals surface area contributed by atoms with Crippen molar-refractivity contribution in [1.82, 2.24) is 24.2 Å². The molecule has 24 heavy (non-hydrogen) atoms. The molecule has 1 saturated heterocycles. The van der Waals surface area contributed by atoms with E-state index in [-0.39, 0.29) is 18.5 Å². The third-order valence-corrected chi connectivity index (χ3v) is 4.39. The van der Waals surface area contributed by atoms with E-state index in [0.29, 0.717) is 13.1 Å². The SMILES string of the molecule is Cc1cc(C)n(CC2CCCN2C(=O)Cn2ccc(=O)[nH]c2=O)n1. The number of amides is 1. The number of carbonyl (C=O) groups is 1. The van der Waals surface area contributed by atoms with Gasteiger partial charge in [-0.05, 0) is 32.8 Å². The van der Waals surface area contributed by atoms with Gasteiger partial charge in [0, 0.05) is 24.5 Å². The molecule has 128 valence electrons. The standard InChI is InChI=1S/C16H21N5O3/c1-11-8-12(2)21(18-11)9-13-4-3-6-20(13)15(23)10-19-7-5-14(22)17-16(19)24/h5,7-8,13H,3-4,6,9-10H2,1-2H3,(H,17,22,24). The molecule has 1 unspecified atom stereocenters. The number of nitrogens with one attached hydrogen (secondary N) is 1. The zero-order valence-corrected chi connectivity index (χ0v) is 13.9. The molecule has 3 heterocycles. The number of hydrogen-bond donors (Lipinski definition) is 1. The van der Waals surface area contributed by atoms with Gasteiger partial charge in [0.2, 0.25) is 5.91 Å². The molecular formula is C16H21N5O3. The van der Waals surface area contributed by atoms with E-state index in [9.17, 15) is 14.4 Å². The maximum atomic E-state index is 12.6. The molecule has 1 amide bonds. The highest BCUT2D eigenvalue weighted by Gasteiger charge is 2.29. The normalized spacial score (nSPS) is 17.4. The predicted molar refractivity (Wildman–Crippen MR) is 87.8 cm³/mol. The Morgan fingerprint density at radius 3 is 2.83 bits per heavy atom. The fourth-order valence-corrected chi connectivity index (χ4v) is 3.22. The minimum Gasteiger partial charge on any atom is -0.336 e. The Labute approximate surface area is 138 Å². The van der Waals surface area contributed by atoms with E-state index in [1.807, 2.05) is 29.5 Å². The molecule has 2 aromatic heterocycles. The van der Waals surface area contributed by atoms with E-state index in [4.69, 9.17) is 0 Å². The first-order valence-corrected chi connectivity index (χ1v) is 8.04. The van der Waals surface area contributed by atoms with Crippen LogP contribution in [0.5, 0.6) is 0 Å². The van der Waals surface area contributed by atoms with Gasteiger partial charge in [-0.25, -0.2) is 4.79 Å². The molecule has 1 aliphatic rings. The van der Waals surface area contributed by atoms with Gasteiger partial charge in [0.1, 0.15) is 6.54 Å². The summed E-state index contributed by atoms with van der Waals surface area (Å²) < 4.78 is 3.15. The average Bonchev–Trinajstić information content (AvgIpc) is 3.09. The van der Waals surface area contributed by atoms with Gasteiger partial charge < -0.3 is 4.90 Å². The zero-order chi connectivity index (χ0) is 17.3. The highest BCUT2D eigenvalue weighted by molar-refractivity contribution is 5.76. The van der Waals surface area contributed by atoms with Crippen LogP contribution in [0.2, 0.25) is 0 Å². The minimum absolute atomic E-state index is 0.0662. The molecule has 8 nitrogen and oxygen atoms in total. The van der Waals surface area contributed by atoms with E-state index >= 15 is 0 Å². The van der Waals surface area contributed by atoms with Crippen LogP contribution in [0.4, 0.5) is 0 Å². The summed E-state index contributed by atoms with van der Waals surface area (Å²) in [5, 5.41) is 4.46. The largest absolute Gasteiger partial charge is 0.336 e. The summed E-state index contributed by atoms with van der Waals surface area (Å²) in [5.74, 6) is -0.117. The Morgan fingerprint density at radius 2 is 2.17 bits per heavy atom. The maximum Gasteiger partial charge on any atom is 0.328 e. The van der Waals surface area contributed by atoms with Gasteiger partial charge in [-0.15, -0.1) is 0 Å². The molecule has 0 spiro atoms. The number of aromatic amines is 1. The molecule has 0 saturated carbocycles. The number of H-pyrrole nitrogens is 1. The zero-order valence-electron chi connectivity index (χ0n) is 13.9. The first kappa shape index (κ1) is 16.2. The Balaban J connectivity index is 1.72. The Hall–Kier alpha value is -2.64. The molecule has 3 rings (SSSR count). The van der Waals surface area contributed by atoms with Gasteiger partial charge in [0.15, 0.2) is 0 Å². The molecule has 1 N–H and O–H groups in total. The van der Waals surface area contributed by atoms with E-state index in [2.05, 4.69) is 10.1 Å². The Morgan fingerprint density at radius 1 is 1.38 bits per heavy atom. The second-order valence-corrected chi connectivity index (χ2v) is 6.23. The smallest absolute Gasteiger partial charge is 0.328 e. The number of aromatic nitrogens is 4. The van der Waals surface area contributed by atoms with Crippen molar-refractivity contribution in [2.75, 3.05) is 6.54 Å². The van der Waals surface area contributed by atoms with Crippen LogP contribution in [0.3, 0.4) is 0 Å². The number of rotatable bonds is 4. The van der Waals surface area contributed by atoms with Gasteiger partial charge in [0.25, 0.3) is 5.56 Å². The highest BCUT2D eigenvalue weighted by atomic mass is 16.2. The molecule has 8 heteroatoms. The van der Waals surface area contributed by atoms with Gasteiger partial charge in [-0.3, -0.25) is 23.8 Å². The quantitative estimate of drug-likeness (QED) is 0.856. The monoisotopic (exact) mass is 331 g/mol. The van der Waals surface area contributed by atoms with E-state index in [0.717, 1.165) is 24.2 Å². The first-order valence-electron chi connectivity index (χ1n) is 8.04. The van der Waals surface area contributed by atoms with E-state index < -0.39 is 11.2 Å². The lowest BCUT2D eigenvalue weighted by atomic mass is 10.2. The second-order valence-electron chi connectivity index (χ2n) is 6.23. The van der Waals surface area contributed by atoms with Gasteiger partial charge in [0.05, 0.1) is 18.3 Å². The second kappa shape index (κ2) is 6.46. The van der Waals surface area contributed by atoms with Crippen molar-refractivity contribution in [3.63, 3.8) is 0 Å². The average molecular weight is 331 g/mol. The summed E-state index contributed by atoms with van der Waals surface area (Å²) in [6, 6.07) is 3.33. The number of hydrogen-bond acceptors (Lipinski definition) is 4. The van der Waals surface area contributed by atoms with Crippen molar-refractivity contribution in [3.8, 4) is 0 Å². The lowest BCUT2D eigenvalue weighted by molar-refractivity contribution is -0.133. The number of carbonyl (C=O) groups excluding carboxylic acids is 1. The molecule has 0 radical (unpaired) electrons. The number of nitrogens with zero attached hydrogens (tertiary/aromatic N) is 4. The summed E-state index contributed by atoms with van der Waals surface area (Å²) in [7, 11) is 0. The molecule has 1 fully saturated rings. The number of likely N-dealkylation sites (tertiary alicyclic amines) is 1. The molecule has 0 aromatic carbocycles. The van der Waals surface area contributed by atoms with Crippen LogP contribution in [0.25, 0.3) is 0 Å². The topological polar surface area (TPSA) is 93.0 Å². The van der Waals surface area contributed by atoms with Crippen LogP contribution in [0, 0.1) is 13.8 Å². The van der Waals surface area contributed by atoms with Gasteiger partial charge >= 0.3 is 5.69 Å². The number of aryl methyl sites for hydroxylation is 2. The van der Waals surface area contributed by atoms with Crippen LogP contribution in [-0.2, 0) is 17.9 Å². The molecule has 0 bridgehead atoms. The fourth-order valence-electron chi connectivity index (χ4n) is 3.22. The lowest BCUT2D eigenvalue weighted by Gasteiger charge is -2.25. The van der Waals surface area contributed by atoms with Gasteiger partial charge in [-0.1, -0.05) is 0 Å². The summed E-state index contributed by atoms with van der Waals surface area (Å²) >= 11 is 0. The van der Waals surface area contributed by atoms with Crippen LogP contribution in [0.1, 0.15) is 24.2 Å². The fraction of sp³-hybridized carbons (Fsp3) is 0.500. The third kappa shape index (κ3) is 3.32. The third-order valence-electron chi connectivity index (χ3n) is 4.39.